The van der Waals surface area contributed by atoms with E-state index in [4.69, 9.17) is 0 Å². The highest BCUT2D eigenvalue weighted by Gasteiger charge is 2.27. The van der Waals surface area contributed by atoms with E-state index in [1.165, 1.54) is 12.1 Å². The number of aryl methyl sites for hydroxylation is 1. The fourth-order valence-electron chi connectivity index (χ4n) is 4.08. The summed E-state index contributed by atoms with van der Waals surface area (Å²) in [5.74, 6) is 1.02. The number of hydrogen-bond acceptors (Lipinski definition) is 0. The van der Waals surface area contributed by atoms with Crippen molar-refractivity contribution in [1.29, 1.82) is 0 Å². The van der Waals surface area contributed by atoms with Crippen LogP contribution in [-0.2, 0) is 19.3 Å². The lowest BCUT2D eigenvalue weighted by molar-refractivity contribution is 0.465. The number of benzene rings is 3. The van der Waals surface area contributed by atoms with Crippen LogP contribution in [-0.4, -0.2) is 0 Å². The molecule has 0 spiro atoms. The highest BCUT2D eigenvalue weighted by molar-refractivity contribution is 5.48. The molecular formula is C26H19F5. The maximum absolute atomic E-state index is 15.0. The van der Waals surface area contributed by atoms with Crippen LogP contribution in [0, 0.1) is 40.9 Å². The summed E-state index contributed by atoms with van der Waals surface area (Å²) in [5.41, 5.74) is 2.32. The number of hydrogen-bond donors (Lipinski definition) is 0. The van der Waals surface area contributed by atoms with Crippen molar-refractivity contribution in [2.45, 2.75) is 38.5 Å². The van der Waals surface area contributed by atoms with Crippen LogP contribution in [0.2, 0.25) is 0 Å². The zero-order valence-electron chi connectivity index (χ0n) is 16.8. The van der Waals surface area contributed by atoms with Crippen molar-refractivity contribution in [3.63, 3.8) is 0 Å². The van der Waals surface area contributed by atoms with Crippen molar-refractivity contribution in [3.8, 4) is 11.8 Å². The van der Waals surface area contributed by atoms with Gasteiger partial charge in [0.25, 0.3) is 0 Å². The molecule has 1 atom stereocenters. The molecule has 0 saturated heterocycles. The summed E-state index contributed by atoms with van der Waals surface area (Å²) >= 11 is 0. The van der Waals surface area contributed by atoms with Crippen molar-refractivity contribution >= 4 is 0 Å². The third-order valence-corrected chi connectivity index (χ3v) is 5.82. The minimum atomic E-state index is -1.01. The van der Waals surface area contributed by atoms with Crippen molar-refractivity contribution in [1.82, 2.24) is 0 Å². The first-order chi connectivity index (χ1) is 14.9. The van der Waals surface area contributed by atoms with Gasteiger partial charge in [0.1, 0.15) is 5.82 Å². The Hall–Kier alpha value is -3.13. The van der Waals surface area contributed by atoms with Gasteiger partial charge in [-0.2, -0.15) is 0 Å². The van der Waals surface area contributed by atoms with Gasteiger partial charge in [0, 0.05) is 5.56 Å². The summed E-state index contributed by atoms with van der Waals surface area (Å²) in [6.07, 6.45) is 1.69. The molecule has 0 bridgehead atoms. The fourth-order valence-corrected chi connectivity index (χ4v) is 4.08. The number of rotatable bonds is 2. The van der Waals surface area contributed by atoms with Gasteiger partial charge >= 0.3 is 0 Å². The molecule has 31 heavy (non-hydrogen) atoms. The average molecular weight is 426 g/mol. The van der Waals surface area contributed by atoms with Crippen molar-refractivity contribution in [3.05, 3.63) is 105 Å². The van der Waals surface area contributed by atoms with Gasteiger partial charge in [0.05, 0.1) is 5.56 Å². The molecule has 0 aliphatic heterocycles. The summed E-state index contributed by atoms with van der Waals surface area (Å²) in [7, 11) is 0. The minimum absolute atomic E-state index is 0.159. The van der Waals surface area contributed by atoms with Crippen LogP contribution >= 0.6 is 0 Å². The Bertz CT molecular complexity index is 1220. The van der Waals surface area contributed by atoms with E-state index >= 15 is 4.39 Å². The Kier molecular flexibility index (Phi) is 5.82. The van der Waals surface area contributed by atoms with Gasteiger partial charge in [-0.3, -0.25) is 0 Å². The smallest absolute Gasteiger partial charge is 0.162 e. The van der Waals surface area contributed by atoms with Gasteiger partial charge in [-0.1, -0.05) is 37.0 Å². The maximum Gasteiger partial charge on any atom is 0.162 e. The molecule has 0 radical (unpaired) electrons. The van der Waals surface area contributed by atoms with E-state index in [0.717, 1.165) is 17.7 Å². The first-order valence-electron chi connectivity index (χ1n) is 10.1. The van der Waals surface area contributed by atoms with Crippen LogP contribution in [0.25, 0.3) is 0 Å². The summed E-state index contributed by atoms with van der Waals surface area (Å²) in [5, 5.41) is 0. The second-order valence-corrected chi connectivity index (χ2v) is 7.68. The predicted octanol–water partition coefficient (Wildman–Crippen LogP) is 6.62. The van der Waals surface area contributed by atoms with E-state index in [0.29, 0.717) is 42.4 Å². The predicted molar refractivity (Wildman–Crippen MR) is 109 cm³/mol. The lowest BCUT2D eigenvalue weighted by Crippen LogP contribution is -2.16. The van der Waals surface area contributed by atoms with Crippen LogP contribution in [0.15, 0.2) is 42.5 Å². The molecule has 3 aromatic carbocycles. The van der Waals surface area contributed by atoms with Gasteiger partial charge in [0.15, 0.2) is 23.3 Å². The monoisotopic (exact) mass is 426 g/mol. The SMILES string of the molecule is CCc1ccc(C2CCc3c(ccc(C#Cc4ccc(F)c(F)c4)c3F)C2)c(F)c1F. The highest BCUT2D eigenvalue weighted by Crippen LogP contribution is 2.36. The molecule has 5 heteroatoms. The zero-order chi connectivity index (χ0) is 22.1. The molecule has 0 heterocycles. The Labute approximate surface area is 177 Å². The van der Waals surface area contributed by atoms with Gasteiger partial charge in [-0.25, -0.2) is 22.0 Å². The highest BCUT2D eigenvalue weighted by atomic mass is 19.2. The zero-order valence-corrected chi connectivity index (χ0v) is 16.8. The molecule has 1 unspecified atom stereocenters. The molecule has 0 aromatic heterocycles. The summed E-state index contributed by atoms with van der Waals surface area (Å²) in [6, 6.07) is 9.77. The summed E-state index contributed by atoms with van der Waals surface area (Å²) in [4.78, 5) is 0. The standard InChI is InChI=1S/C26H19F5/c1-2-16-8-10-21(26(31)25(16)30)19-9-11-20-18(14-19)7-6-17(24(20)29)5-3-15-4-12-22(27)23(28)13-15/h4,6-8,10,12-13,19H,2,9,11,14H2,1H3. The van der Waals surface area contributed by atoms with Crippen LogP contribution in [0.4, 0.5) is 22.0 Å². The van der Waals surface area contributed by atoms with E-state index in [2.05, 4.69) is 11.8 Å². The normalized spacial score (nSPS) is 15.2. The van der Waals surface area contributed by atoms with E-state index in [1.54, 1.807) is 25.1 Å². The molecule has 0 fully saturated rings. The molecule has 1 aliphatic rings. The van der Waals surface area contributed by atoms with Crippen molar-refractivity contribution in [2.24, 2.45) is 0 Å². The van der Waals surface area contributed by atoms with Crippen molar-refractivity contribution in [2.75, 3.05) is 0 Å². The minimum Gasteiger partial charge on any atom is -0.205 e. The van der Waals surface area contributed by atoms with E-state index in [1.807, 2.05) is 0 Å². The largest absolute Gasteiger partial charge is 0.205 e. The van der Waals surface area contributed by atoms with Gasteiger partial charge < -0.3 is 0 Å². The molecule has 0 nitrogen and oxygen atoms in total. The average Bonchev–Trinajstić information content (AvgIpc) is 2.77. The first-order valence-corrected chi connectivity index (χ1v) is 10.1. The lowest BCUT2D eigenvalue weighted by Gasteiger charge is -2.26. The second kappa shape index (κ2) is 8.55. The van der Waals surface area contributed by atoms with Gasteiger partial charge in [-0.15, -0.1) is 0 Å². The fraction of sp³-hybridized carbons (Fsp3) is 0.231. The van der Waals surface area contributed by atoms with Crippen LogP contribution < -0.4 is 0 Å². The first kappa shape index (κ1) is 21.1. The topological polar surface area (TPSA) is 0 Å². The summed E-state index contributed by atoms with van der Waals surface area (Å²) in [6.45, 7) is 1.77. The Morgan fingerprint density at radius 3 is 2.39 bits per heavy atom. The van der Waals surface area contributed by atoms with Crippen LogP contribution in [0.3, 0.4) is 0 Å². The van der Waals surface area contributed by atoms with E-state index < -0.39 is 29.1 Å². The maximum atomic E-state index is 15.0. The van der Waals surface area contributed by atoms with E-state index in [-0.39, 0.29) is 17.0 Å². The molecular weight excluding hydrogens is 407 g/mol. The molecule has 1 aliphatic carbocycles. The van der Waals surface area contributed by atoms with Gasteiger partial charge in [-0.05, 0) is 78.1 Å². The second-order valence-electron chi connectivity index (χ2n) is 7.68. The Morgan fingerprint density at radius 2 is 1.65 bits per heavy atom. The third-order valence-electron chi connectivity index (χ3n) is 5.82. The molecule has 4 rings (SSSR count). The Morgan fingerprint density at radius 1 is 0.839 bits per heavy atom. The van der Waals surface area contributed by atoms with Gasteiger partial charge in [0.2, 0.25) is 0 Å². The molecule has 0 N–H and O–H groups in total. The number of fused-ring (bicyclic) bond motifs is 1. The van der Waals surface area contributed by atoms with Crippen molar-refractivity contribution < 1.29 is 22.0 Å². The Balaban J connectivity index is 1.60. The molecule has 158 valence electrons. The number of halogens is 5. The molecule has 3 aromatic rings. The third kappa shape index (κ3) is 4.07. The molecule has 0 saturated carbocycles. The summed E-state index contributed by atoms with van der Waals surface area (Å²) < 4.78 is 70.1. The quantitative estimate of drug-likeness (QED) is 0.319. The van der Waals surface area contributed by atoms with Crippen LogP contribution in [0.1, 0.15) is 52.6 Å². The lowest BCUT2D eigenvalue weighted by atomic mass is 9.79. The van der Waals surface area contributed by atoms with E-state index in [9.17, 15) is 17.6 Å². The molecule has 0 amide bonds. The van der Waals surface area contributed by atoms with Crippen LogP contribution in [0.5, 0.6) is 0 Å².